The van der Waals surface area contributed by atoms with Gasteiger partial charge >= 0.3 is 0 Å². The normalized spacial score (nSPS) is 20.4. The Morgan fingerprint density at radius 1 is 1.24 bits per heavy atom. The molecular weight excluding hydrogens is 278 g/mol. The molecule has 1 fully saturated rings. The van der Waals surface area contributed by atoms with Crippen LogP contribution in [0.2, 0.25) is 0 Å². The number of nitrogens with zero attached hydrogens (tertiary/aromatic N) is 1. The summed E-state index contributed by atoms with van der Waals surface area (Å²) in [6, 6.07) is 8.53. The number of piperidine rings is 1. The zero-order valence-corrected chi connectivity index (χ0v) is 11.9. The van der Waals surface area contributed by atoms with Gasteiger partial charge < -0.3 is 10.0 Å². The fraction of sp³-hybridized carbons (Fsp3) is 0.571. The van der Waals surface area contributed by atoms with Gasteiger partial charge in [-0.05, 0) is 43.9 Å². The van der Waals surface area contributed by atoms with Crippen molar-refractivity contribution < 1.29 is 5.11 Å². The number of benzene rings is 1. The monoisotopic (exact) mass is 297 g/mol. The number of rotatable bonds is 3. The number of halogens is 1. The van der Waals surface area contributed by atoms with E-state index in [0.29, 0.717) is 0 Å². The first-order chi connectivity index (χ1) is 8.05. The van der Waals surface area contributed by atoms with E-state index >= 15 is 0 Å². The third kappa shape index (κ3) is 4.09. The molecule has 1 heterocycles. The van der Waals surface area contributed by atoms with Crippen molar-refractivity contribution in [1.82, 2.24) is 4.90 Å². The summed E-state index contributed by atoms with van der Waals surface area (Å²) in [6.45, 7) is 5.07. The molecule has 0 aliphatic carbocycles. The number of likely N-dealkylation sites (tertiary alicyclic amines) is 1. The summed E-state index contributed by atoms with van der Waals surface area (Å²) in [5.74, 6) is 0. The number of aliphatic hydroxyl groups is 1. The Morgan fingerprint density at radius 2 is 1.82 bits per heavy atom. The molecule has 0 bridgehead atoms. The highest BCUT2D eigenvalue weighted by atomic mass is 79.9. The minimum Gasteiger partial charge on any atom is -0.390 e. The lowest BCUT2D eigenvalue weighted by molar-refractivity contribution is -0.00491. The summed E-state index contributed by atoms with van der Waals surface area (Å²) in [7, 11) is 0. The van der Waals surface area contributed by atoms with Crippen LogP contribution in [0.25, 0.3) is 0 Å². The predicted molar refractivity (Wildman–Crippen MR) is 74.1 cm³/mol. The molecular formula is C14H20BrNO. The molecule has 0 saturated carbocycles. The Morgan fingerprint density at radius 3 is 2.41 bits per heavy atom. The number of hydrogen-bond acceptors (Lipinski definition) is 2. The summed E-state index contributed by atoms with van der Waals surface area (Å²) in [4.78, 5) is 2.44. The Labute approximate surface area is 112 Å². The smallest absolute Gasteiger partial charge is 0.0644 e. The van der Waals surface area contributed by atoms with E-state index in [4.69, 9.17) is 0 Å². The Kier molecular flexibility index (Phi) is 4.23. The lowest BCUT2D eigenvalue weighted by Crippen LogP contribution is -2.43. The van der Waals surface area contributed by atoms with Crippen molar-refractivity contribution in [2.75, 3.05) is 19.6 Å². The topological polar surface area (TPSA) is 23.5 Å². The number of hydrogen-bond donors (Lipinski definition) is 1. The summed E-state index contributed by atoms with van der Waals surface area (Å²) in [5.41, 5.74) is 0.944. The molecule has 1 saturated heterocycles. The van der Waals surface area contributed by atoms with Gasteiger partial charge in [0.15, 0.2) is 0 Å². The van der Waals surface area contributed by atoms with Crippen LogP contribution in [-0.4, -0.2) is 35.2 Å². The zero-order chi connectivity index (χ0) is 12.3. The summed E-state index contributed by atoms with van der Waals surface area (Å²) >= 11 is 3.45. The van der Waals surface area contributed by atoms with Gasteiger partial charge in [0.05, 0.1) is 5.60 Å². The molecule has 94 valence electrons. The molecule has 1 aromatic carbocycles. The zero-order valence-electron chi connectivity index (χ0n) is 10.3. The van der Waals surface area contributed by atoms with E-state index < -0.39 is 5.60 Å². The third-order valence-corrected chi connectivity index (χ3v) is 4.09. The standard InChI is InChI=1S/C14H20BrNO/c1-14(17)7-10-16(11-8-14)9-6-12-2-4-13(15)5-3-12/h2-5,17H,6-11H2,1H3. The Bertz CT molecular complexity index is 351. The predicted octanol–water partition coefficient (Wildman–Crippen LogP) is 2.84. The minimum atomic E-state index is -0.436. The van der Waals surface area contributed by atoms with Crippen molar-refractivity contribution in [2.45, 2.75) is 31.8 Å². The van der Waals surface area contributed by atoms with Crippen molar-refractivity contribution in [3.63, 3.8) is 0 Å². The van der Waals surface area contributed by atoms with Gasteiger partial charge in [0.1, 0.15) is 0 Å². The fourth-order valence-electron chi connectivity index (χ4n) is 2.20. The second-order valence-electron chi connectivity index (χ2n) is 5.22. The molecule has 1 aromatic rings. The van der Waals surface area contributed by atoms with Gasteiger partial charge in [-0.3, -0.25) is 0 Å². The maximum atomic E-state index is 9.88. The van der Waals surface area contributed by atoms with E-state index in [9.17, 15) is 5.11 Å². The van der Waals surface area contributed by atoms with Gasteiger partial charge in [0.2, 0.25) is 0 Å². The van der Waals surface area contributed by atoms with Crippen LogP contribution in [0.15, 0.2) is 28.7 Å². The van der Waals surface area contributed by atoms with E-state index in [0.717, 1.165) is 43.4 Å². The Balaban J connectivity index is 1.78. The van der Waals surface area contributed by atoms with Gasteiger partial charge in [0.25, 0.3) is 0 Å². The molecule has 2 rings (SSSR count). The van der Waals surface area contributed by atoms with E-state index in [-0.39, 0.29) is 0 Å². The summed E-state index contributed by atoms with van der Waals surface area (Å²) in [6.07, 6.45) is 2.89. The lowest BCUT2D eigenvalue weighted by atomic mass is 9.93. The molecule has 1 aliphatic rings. The van der Waals surface area contributed by atoms with Gasteiger partial charge in [-0.1, -0.05) is 28.1 Å². The first-order valence-electron chi connectivity index (χ1n) is 6.24. The van der Waals surface area contributed by atoms with E-state index in [1.807, 2.05) is 6.92 Å². The SMILES string of the molecule is CC1(O)CCN(CCc2ccc(Br)cc2)CC1. The highest BCUT2D eigenvalue weighted by molar-refractivity contribution is 9.10. The maximum absolute atomic E-state index is 9.88. The fourth-order valence-corrected chi connectivity index (χ4v) is 2.46. The van der Waals surface area contributed by atoms with Crippen LogP contribution in [0, 0.1) is 0 Å². The summed E-state index contributed by atoms with van der Waals surface area (Å²) < 4.78 is 1.13. The van der Waals surface area contributed by atoms with E-state index in [1.165, 1.54) is 5.56 Å². The molecule has 0 unspecified atom stereocenters. The second-order valence-corrected chi connectivity index (χ2v) is 6.13. The molecule has 0 amide bonds. The highest BCUT2D eigenvalue weighted by Crippen LogP contribution is 2.21. The average molecular weight is 298 g/mol. The lowest BCUT2D eigenvalue weighted by Gasteiger charge is -2.35. The molecule has 0 radical (unpaired) electrons. The van der Waals surface area contributed by atoms with Gasteiger partial charge in [0, 0.05) is 24.1 Å². The van der Waals surface area contributed by atoms with Gasteiger partial charge in [-0.25, -0.2) is 0 Å². The highest BCUT2D eigenvalue weighted by Gasteiger charge is 2.26. The Hall–Kier alpha value is -0.380. The van der Waals surface area contributed by atoms with Gasteiger partial charge in [-0.15, -0.1) is 0 Å². The van der Waals surface area contributed by atoms with Crippen LogP contribution in [0.1, 0.15) is 25.3 Å². The van der Waals surface area contributed by atoms with Crippen molar-refractivity contribution in [3.05, 3.63) is 34.3 Å². The first kappa shape index (κ1) is 13.1. The molecule has 0 atom stereocenters. The molecule has 1 aliphatic heterocycles. The molecule has 2 nitrogen and oxygen atoms in total. The van der Waals surface area contributed by atoms with Crippen LogP contribution >= 0.6 is 15.9 Å². The quantitative estimate of drug-likeness (QED) is 0.927. The van der Waals surface area contributed by atoms with Crippen molar-refractivity contribution in [2.24, 2.45) is 0 Å². The summed E-state index contributed by atoms with van der Waals surface area (Å²) in [5, 5.41) is 9.88. The van der Waals surface area contributed by atoms with Crippen LogP contribution in [0.5, 0.6) is 0 Å². The molecule has 3 heteroatoms. The molecule has 1 N–H and O–H groups in total. The van der Waals surface area contributed by atoms with E-state index in [1.54, 1.807) is 0 Å². The molecule has 0 spiro atoms. The molecule has 0 aromatic heterocycles. The van der Waals surface area contributed by atoms with Crippen LogP contribution in [0.3, 0.4) is 0 Å². The third-order valence-electron chi connectivity index (χ3n) is 3.56. The molecule has 17 heavy (non-hydrogen) atoms. The largest absolute Gasteiger partial charge is 0.390 e. The maximum Gasteiger partial charge on any atom is 0.0644 e. The van der Waals surface area contributed by atoms with Crippen molar-refractivity contribution >= 4 is 15.9 Å². The van der Waals surface area contributed by atoms with Crippen LogP contribution < -0.4 is 0 Å². The first-order valence-corrected chi connectivity index (χ1v) is 7.04. The van der Waals surface area contributed by atoms with Crippen LogP contribution in [-0.2, 0) is 6.42 Å². The second kappa shape index (κ2) is 5.51. The van der Waals surface area contributed by atoms with Crippen molar-refractivity contribution in [1.29, 1.82) is 0 Å². The van der Waals surface area contributed by atoms with Gasteiger partial charge in [-0.2, -0.15) is 0 Å². The minimum absolute atomic E-state index is 0.436. The average Bonchev–Trinajstić information content (AvgIpc) is 2.30. The van der Waals surface area contributed by atoms with Crippen LogP contribution in [0.4, 0.5) is 0 Å². The van der Waals surface area contributed by atoms with Crippen molar-refractivity contribution in [3.8, 4) is 0 Å². The van der Waals surface area contributed by atoms with E-state index in [2.05, 4.69) is 45.1 Å².